The molecule has 1 aromatic heterocycles. The first-order valence-electron chi connectivity index (χ1n) is 5.69. The number of hydrogen-bond donors (Lipinski definition) is 2. The summed E-state index contributed by atoms with van der Waals surface area (Å²) in [5, 5.41) is 6.99. The maximum absolute atomic E-state index is 11.6. The third-order valence-electron chi connectivity index (χ3n) is 2.36. The van der Waals surface area contributed by atoms with Gasteiger partial charge in [0.15, 0.2) is 0 Å². The fourth-order valence-corrected chi connectivity index (χ4v) is 2.10. The van der Waals surface area contributed by atoms with Crippen LogP contribution in [0.5, 0.6) is 0 Å². The van der Waals surface area contributed by atoms with Crippen molar-refractivity contribution in [3.05, 3.63) is 53.3 Å². The Morgan fingerprint density at radius 1 is 1.35 bits per heavy atom. The van der Waals surface area contributed by atoms with Crippen molar-refractivity contribution in [3.63, 3.8) is 0 Å². The zero-order valence-electron chi connectivity index (χ0n) is 10.3. The van der Waals surface area contributed by atoms with Crippen molar-refractivity contribution in [2.24, 2.45) is 5.16 Å². The number of amides is 1. The molecular weight excluding hydrogens is 393 g/mol. The number of aromatic amines is 1. The summed E-state index contributed by atoms with van der Waals surface area (Å²) in [4.78, 5) is 19.4. The quantitative estimate of drug-likeness (QED) is 0.266. The van der Waals surface area contributed by atoms with Crippen LogP contribution in [-0.4, -0.2) is 21.2 Å². The van der Waals surface area contributed by atoms with Crippen LogP contribution in [0.4, 0.5) is 10.5 Å². The summed E-state index contributed by atoms with van der Waals surface area (Å²) in [5.41, 5.74) is 2.06. The molecule has 0 aliphatic rings. The van der Waals surface area contributed by atoms with Gasteiger partial charge in [0.2, 0.25) is 0 Å². The van der Waals surface area contributed by atoms with Gasteiger partial charge in [0.25, 0.3) is 0 Å². The van der Waals surface area contributed by atoms with Crippen molar-refractivity contribution in [1.82, 2.24) is 4.98 Å². The number of carbonyl (C=O) groups excluding carboxylic acids is 1. The zero-order chi connectivity index (χ0) is 14.4. The fraction of sp³-hybridized carbons (Fsp3) is 0.0769. The summed E-state index contributed by atoms with van der Waals surface area (Å²) in [6.07, 6.45) is 1.13. The van der Waals surface area contributed by atoms with Crippen LogP contribution in [0.3, 0.4) is 0 Å². The maximum atomic E-state index is 11.6. The average Bonchev–Trinajstić information content (AvgIpc) is 2.96. The van der Waals surface area contributed by atoms with Crippen molar-refractivity contribution >= 4 is 51.7 Å². The van der Waals surface area contributed by atoms with Crippen LogP contribution in [0.25, 0.3) is 0 Å². The lowest BCUT2D eigenvalue weighted by Gasteiger charge is -2.04. The summed E-state index contributed by atoms with van der Waals surface area (Å²) >= 11 is 7.90. The molecular formula is C13H11ClIN3O2. The molecule has 0 saturated heterocycles. The smallest absolute Gasteiger partial charge is 0.360 e. The first-order valence-corrected chi connectivity index (χ1v) is 7.59. The van der Waals surface area contributed by atoms with Gasteiger partial charge in [-0.1, -0.05) is 39.3 Å². The van der Waals surface area contributed by atoms with Crippen LogP contribution in [-0.2, 0) is 4.84 Å². The van der Waals surface area contributed by atoms with Gasteiger partial charge in [-0.05, 0) is 36.4 Å². The second-order valence-electron chi connectivity index (χ2n) is 3.77. The van der Waals surface area contributed by atoms with E-state index in [0.717, 1.165) is 5.69 Å². The second-order valence-corrected chi connectivity index (χ2v) is 4.97. The van der Waals surface area contributed by atoms with Gasteiger partial charge in [-0.2, -0.15) is 0 Å². The van der Waals surface area contributed by atoms with E-state index in [4.69, 9.17) is 16.4 Å². The number of alkyl halides is 1. The summed E-state index contributed by atoms with van der Waals surface area (Å²) in [6, 6.07) is 10.4. The Morgan fingerprint density at radius 2 is 2.10 bits per heavy atom. The molecule has 0 aliphatic heterocycles. The van der Waals surface area contributed by atoms with E-state index in [1.165, 1.54) is 0 Å². The Bertz CT molecular complexity index is 597. The van der Waals surface area contributed by atoms with Crippen LogP contribution in [0, 0.1) is 0 Å². The molecule has 0 atom stereocenters. The summed E-state index contributed by atoms with van der Waals surface area (Å²) in [7, 11) is 0. The molecule has 20 heavy (non-hydrogen) atoms. The van der Waals surface area contributed by atoms with Crippen molar-refractivity contribution in [2.45, 2.75) is 0 Å². The van der Waals surface area contributed by atoms with Crippen molar-refractivity contribution < 1.29 is 9.63 Å². The fourth-order valence-electron chi connectivity index (χ4n) is 1.43. The average molecular weight is 404 g/mol. The number of benzene rings is 1. The lowest BCUT2D eigenvalue weighted by molar-refractivity contribution is 0.166. The number of nitrogens with zero attached hydrogens (tertiary/aromatic N) is 1. The van der Waals surface area contributed by atoms with Gasteiger partial charge in [-0.15, -0.1) is 0 Å². The monoisotopic (exact) mass is 403 g/mol. The molecule has 104 valence electrons. The molecule has 2 rings (SSSR count). The zero-order valence-corrected chi connectivity index (χ0v) is 13.2. The van der Waals surface area contributed by atoms with E-state index in [-0.39, 0.29) is 0 Å². The van der Waals surface area contributed by atoms with Gasteiger partial charge < -0.3 is 4.98 Å². The van der Waals surface area contributed by atoms with Crippen LogP contribution >= 0.6 is 34.2 Å². The van der Waals surface area contributed by atoms with E-state index in [0.29, 0.717) is 20.8 Å². The highest BCUT2D eigenvalue weighted by atomic mass is 127. The Kier molecular flexibility index (Phi) is 5.42. The molecule has 0 radical (unpaired) electrons. The lowest BCUT2D eigenvalue weighted by Crippen LogP contribution is -2.13. The molecule has 7 heteroatoms. The van der Waals surface area contributed by atoms with Crippen LogP contribution in [0.15, 0.2) is 47.8 Å². The van der Waals surface area contributed by atoms with Crippen LogP contribution < -0.4 is 5.32 Å². The number of hydrogen-bond acceptors (Lipinski definition) is 3. The molecule has 1 amide bonds. The SMILES string of the molecule is O=C(Nc1ccc(Cl)cc1)ON=C(CI)c1ccc[nH]1. The van der Waals surface area contributed by atoms with Gasteiger partial charge in [0.05, 0.1) is 5.69 Å². The van der Waals surface area contributed by atoms with Crippen molar-refractivity contribution in [1.29, 1.82) is 0 Å². The summed E-state index contributed by atoms with van der Waals surface area (Å²) in [5.74, 6) is 0. The topological polar surface area (TPSA) is 66.5 Å². The molecule has 0 saturated carbocycles. The summed E-state index contributed by atoms with van der Waals surface area (Å²) in [6.45, 7) is 0. The lowest BCUT2D eigenvalue weighted by atomic mass is 10.3. The Balaban J connectivity index is 1.95. The third kappa shape index (κ3) is 4.24. The van der Waals surface area contributed by atoms with Gasteiger partial charge in [0.1, 0.15) is 5.71 Å². The Morgan fingerprint density at radius 3 is 2.70 bits per heavy atom. The molecule has 0 unspecified atom stereocenters. The minimum atomic E-state index is -0.652. The molecule has 2 aromatic rings. The predicted octanol–water partition coefficient (Wildman–Crippen LogP) is 4.06. The van der Waals surface area contributed by atoms with Crippen LogP contribution in [0.1, 0.15) is 5.69 Å². The van der Waals surface area contributed by atoms with Gasteiger partial charge in [0, 0.05) is 21.3 Å². The minimum Gasteiger partial charge on any atom is -0.360 e. The van der Waals surface area contributed by atoms with Gasteiger partial charge >= 0.3 is 6.09 Å². The molecule has 0 spiro atoms. The highest BCUT2D eigenvalue weighted by Crippen LogP contribution is 2.13. The third-order valence-corrected chi connectivity index (χ3v) is 3.34. The highest BCUT2D eigenvalue weighted by Gasteiger charge is 2.07. The minimum absolute atomic E-state index is 0.588. The normalized spacial score (nSPS) is 11.2. The number of nitrogens with one attached hydrogen (secondary N) is 2. The highest BCUT2D eigenvalue weighted by molar-refractivity contribution is 14.1. The summed E-state index contributed by atoms with van der Waals surface area (Å²) < 4.78 is 0.618. The molecule has 2 N–H and O–H groups in total. The molecule has 0 fully saturated rings. The Labute approximate surface area is 134 Å². The second kappa shape index (κ2) is 7.30. The molecule has 1 heterocycles. The number of oxime groups is 1. The van der Waals surface area contributed by atoms with E-state index in [9.17, 15) is 4.79 Å². The van der Waals surface area contributed by atoms with Crippen molar-refractivity contribution in [3.8, 4) is 0 Å². The Hall–Kier alpha value is -1.54. The number of carbonyl (C=O) groups is 1. The number of H-pyrrole nitrogens is 1. The van der Waals surface area contributed by atoms with E-state index >= 15 is 0 Å². The number of aromatic nitrogens is 1. The van der Waals surface area contributed by atoms with Gasteiger partial charge in [-0.25, -0.2) is 4.79 Å². The van der Waals surface area contributed by atoms with E-state index < -0.39 is 6.09 Å². The standard InChI is InChI=1S/C13H11ClIN3O2/c14-9-3-5-10(6-4-9)17-13(19)20-18-12(8-15)11-2-1-7-16-11/h1-7,16H,8H2,(H,17,19). The molecule has 0 aliphatic carbocycles. The maximum Gasteiger partial charge on any atom is 0.437 e. The van der Waals surface area contributed by atoms with Crippen LogP contribution in [0.2, 0.25) is 5.02 Å². The van der Waals surface area contributed by atoms with Gasteiger partial charge in [-0.3, -0.25) is 10.2 Å². The first kappa shape index (κ1) is 14.9. The van der Waals surface area contributed by atoms with E-state index in [1.807, 2.05) is 12.1 Å². The molecule has 0 bridgehead atoms. The predicted molar refractivity (Wildman–Crippen MR) is 87.8 cm³/mol. The molecule has 5 nitrogen and oxygen atoms in total. The first-order chi connectivity index (χ1) is 9.69. The largest absolute Gasteiger partial charge is 0.437 e. The number of anilines is 1. The molecule has 1 aromatic carbocycles. The van der Waals surface area contributed by atoms with E-state index in [1.54, 1.807) is 30.5 Å². The number of rotatable bonds is 4. The van der Waals surface area contributed by atoms with E-state index in [2.05, 4.69) is 38.0 Å². The van der Waals surface area contributed by atoms with Crippen molar-refractivity contribution in [2.75, 3.05) is 9.74 Å². The number of halogens is 2.